The first-order valence-electron chi connectivity index (χ1n) is 6.69. The lowest BCUT2D eigenvalue weighted by molar-refractivity contribution is -0.148. The van der Waals surface area contributed by atoms with Gasteiger partial charge < -0.3 is 14.4 Å². The monoisotopic (exact) mass is 313 g/mol. The largest absolute Gasteiger partial charge is 0.491 e. The number of para-hydroxylation sites is 1. The molecule has 21 heavy (non-hydrogen) atoms. The van der Waals surface area contributed by atoms with Gasteiger partial charge in [0, 0.05) is 6.04 Å². The number of esters is 1. The van der Waals surface area contributed by atoms with Crippen molar-refractivity contribution in [1.82, 2.24) is 4.90 Å². The average Bonchev–Trinajstić information content (AvgIpc) is 2.45. The van der Waals surface area contributed by atoms with Gasteiger partial charge in [0.1, 0.15) is 12.3 Å². The van der Waals surface area contributed by atoms with Crippen LogP contribution in [-0.4, -0.2) is 43.1 Å². The van der Waals surface area contributed by atoms with E-state index < -0.39 is 5.97 Å². The number of halogens is 1. The van der Waals surface area contributed by atoms with Gasteiger partial charge >= 0.3 is 5.97 Å². The fraction of sp³-hybridized carbons (Fsp3) is 0.467. The molecule has 1 aromatic rings. The quantitative estimate of drug-likeness (QED) is 0.726. The lowest BCUT2D eigenvalue weighted by Crippen LogP contribution is -2.41. The van der Waals surface area contributed by atoms with Crippen molar-refractivity contribution in [2.75, 3.05) is 20.3 Å². The van der Waals surface area contributed by atoms with Gasteiger partial charge in [-0.15, -0.1) is 0 Å². The van der Waals surface area contributed by atoms with Crippen LogP contribution in [0.4, 0.5) is 0 Å². The normalized spacial score (nSPS) is 10.3. The maximum Gasteiger partial charge on any atom is 0.325 e. The molecular formula is C15H20ClNO4. The van der Waals surface area contributed by atoms with Gasteiger partial charge in [0.15, 0.2) is 0 Å². The Morgan fingerprint density at radius 3 is 2.52 bits per heavy atom. The van der Waals surface area contributed by atoms with E-state index in [9.17, 15) is 9.59 Å². The third-order valence-electron chi connectivity index (χ3n) is 2.88. The molecule has 0 aliphatic carbocycles. The Bertz CT molecular complexity index is 490. The second kappa shape index (κ2) is 8.52. The van der Waals surface area contributed by atoms with E-state index in [2.05, 4.69) is 4.74 Å². The highest BCUT2D eigenvalue weighted by Gasteiger charge is 2.20. The molecule has 0 bridgehead atoms. The number of carbonyl (C=O) groups excluding carboxylic acids is 2. The molecule has 0 spiro atoms. The van der Waals surface area contributed by atoms with Gasteiger partial charge in [-0.3, -0.25) is 9.59 Å². The van der Waals surface area contributed by atoms with E-state index in [0.29, 0.717) is 10.8 Å². The van der Waals surface area contributed by atoms with Crippen molar-refractivity contribution in [1.29, 1.82) is 0 Å². The molecule has 1 aromatic carbocycles. The van der Waals surface area contributed by atoms with Crippen LogP contribution in [0, 0.1) is 0 Å². The number of nitrogens with zero attached hydrogens (tertiary/aromatic N) is 1. The van der Waals surface area contributed by atoms with E-state index in [0.717, 1.165) is 0 Å². The molecule has 5 nitrogen and oxygen atoms in total. The summed E-state index contributed by atoms with van der Waals surface area (Å²) in [4.78, 5) is 24.9. The fourth-order valence-electron chi connectivity index (χ4n) is 1.72. The van der Waals surface area contributed by atoms with Gasteiger partial charge in [0.05, 0.1) is 25.2 Å². The molecule has 1 rings (SSSR count). The predicted octanol–water partition coefficient (Wildman–Crippen LogP) is 2.52. The van der Waals surface area contributed by atoms with Crippen LogP contribution in [0.5, 0.6) is 5.75 Å². The molecule has 0 aromatic heterocycles. The summed E-state index contributed by atoms with van der Waals surface area (Å²) in [6.07, 6.45) is 0.167. The highest BCUT2D eigenvalue weighted by atomic mass is 35.5. The summed E-state index contributed by atoms with van der Waals surface area (Å²) in [7, 11) is 1.30. The first-order chi connectivity index (χ1) is 9.95. The Balaban J connectivity index is 2.50. The van der Waals surface area contributed by atoms with Crippen LogP contribution in [0.15, 0.2) is 24.3 Å². The van der Waals surface area contributed by atoms with Crippen molar-refractivity contribution in [3.8, 4) is 5.75 Å². The molecule has 0 heterocycles. The van der Waals surface area contributed by atoms with E-state index in [1.807, 2.05) is 13.8 Å². The summed E-state index contributed by atoms with van der Waals surface area (Å²) >= 11 is 5.96. The summed E-state index contributed by atoms with van der Waals surface area (Å²) in [5.74, 6) is -0.0671. The maximum atomic E-state index is 12.1. The van der Waals surface area contributed by atoms with Crippen LogP contribution in [-0.2, 0) is 14.3 Å². The molecule has 0 fully saturated rings. The molecule has 0 aliphatic heterocycles. The smallest absolute Gasteiger partial charge is 0.325 e. The van der Waals surface area contributed by atoms with Gasteiger partial charge in [-0.1, -0.05) is 23.7 Å². The predicted molar refractivity (Wildman–Crippen MR) is 80.4 cm³/mol. The summed E-state index contributed by atoms with van der Waals surface area (Å²) < 4.78 is 10.1. The summed E-state index contributed by atoms with van der Waals surface area (Å²) in [6.45, 7) is 3.83. The SMILES string of the molecule is COC(=O)CN(C(=O)CCOc1ccccc1Cl)C(C)C. The van der Waals surface area contributed by atoms with Crippen molar-refractivity contribution < 1.29 is 19.1 Å². The van der Waals surface area contributed by atoms with Crippen LogP contribution in [0.25, 0.3) is 0 Å². The van der Waals surface area contributed by atoms with Gasteiger partial charge in [0.25, 0.3) is 0 Å². The van der Waals surface area contributed by atoms with Gasteiger partial charge in [-0.2, -0.15) is 0 Å². The first kappa shape index (κ1) is 17.3. The van der Waals surface area contributed by atoms with Crippen molar-refractivity contribution >= 4 is 23.5 Å². The Hall–Kier alpha value is -1.75. The number of hydrogen-bond donors (Lipinski definition) is 0. The summed E-state index contributed by atoms with van der Waals surface area (Å²) in [5, 5.41) is 0.500. The number of benzene rings is 1. The van der Waals surface area contributed by atoms with Gasteiger partial charge in [-0.25, -0.2) is 0 Å². The minimum atomic E-state index is -0.441. The molecule has 0 unspecified atom stereocenters. The van der Waals surface area contributed by atoms with Crippen molar-refractivity contribution in [2.24, 2.45) is 0 Å². The molecule has 0 N–H and O–H groups in total. The topological polar surface area (TPSA) is 55.8 Å². The highest BCUT2D eigenvalue weighted by Crippen LogP contribution is 2.23. The molecule has 116 valence electrons. The van der Waals surface area contributed by atoms with Crippen LogP contribution in [0.3, 0.4) is 0 Å². The first-order valence-corrected chi connectivity index (χ1v) is 7.07. The van der Waals surface area contributed by atoms with Crippen LogP contribution in [0.2, 0.25) is 5.02 Å². The molecule has 0 saturated heterocycles. The lowest BCUT2D eigenvalue weighted by Gasteiger charge is -2.25. The van der Waals surface area contributed by atoms with Crippen molar-refractivity contribution in [3.63, 3.8) is 0 Å². The third-order valence-corrected chi connectivity index (χ3v) is 3.19. The second-order valence-corrected chi connectivity index (χ2v) is 5.13. The molecule has 6 heteroatoms. The number of rotatable bonds is 7. The van der Waals surface area contributed by atoms with E-state index in [1.165, 1.54) is 12.0 Å². The number of ether oxygens (including phenoxy) is 2. The fourth-order valence-corrected chi connectivity index (χ4v) is 1.91. The molecular weight excluding hydrogens is 294 g/mol. The third kappa shape index (κ3) is 5.63. The molecule has 0 atom stereocenters. The number of carbonyl (C=O) groups is 2. The average molecular weight is 314 g/mol. The van der Waals surface area contributed by atoms with Crippen molar-refractivity contribution in [2.45, 2.75) is 26.3 Å². The molecule has 0 saturated carbocycles. The van der Waals surface area contributed by atoms with E-state index in [4.69, 9.17) is 16.3 Å². The summed E-state index contributed by atoms with van der Waals surface area (Å²) in [5.41, 5.74) is 0. The minimum Gasteiger partial charge on any atom is -0.491 e. The van der Waals surface area contributed by atoms with E-state index in [1.54, 1.807) is 24.3 Å². The summed E-state index contributed by atoms with van der Waals surface area (Å²) in [6, 6.07) is 6.98. The zero-order valence-corrected chi connectivity index (χ0v) is 13.2. The molecule has 0 radical (unpaired) electrons. The van der Waals surface area contributed by atoms with Crippen LogP contribution >= 0.6 is 11.6 Å². The van der Waals surface area contributed by atoms with Crippen LogP contribution in [0.1, 0.15) is 20.3 Å². The zero-order valence-electron chi connectivity index (χ0n) is 12.5. The molecule has 1 amide bonds. The Labute approximate surface area is 129 Å². The van der Waals surface area contributed by atoms with Gasteiger partial charge in [-0.05, 0) is 26.0 Å². The molecule has 0 aliphatic rings. The van der Waals surface area contributed by atoms with E-state index >= 15 is 0 Å². The Kier molecular flexibility index (Phi) is 7.02. The Morgan fingerprint density at radius 2 is 1.95 bits per heavy atom. The lowest BCUT2D eigenvalue weighted by atomic mass is 10.2. The number of hydrogen-bond acceptors (Lipinski definition) is 4. The second-order valence-electron chi connectivity index (χ2n) is 4.72. The minimum absolute atomic E-state index is 0.0565. The van der Waals surface area contributed by atoms with Crippen molar-refractivity contribution in [3.05, 3.63) is 29.3 Å². The maximum absolute atomic E-state index is 12.1. The van der Waals surface area contributed by atoms with Gasteiger partial charge in [0.2, 0.25) is 5.91 Å². The number of amides is 1. The zero-order chi connectivity index (χ0) is 15.8. The van der Waals surface area contributed by atoms with E-state index in [-0.39, 0.29) is 31.5 Å². The number of methoxy groups -OCH3 is 1. The standard InChI is InChI=1S/C15H20ClNO4/c1-11(2)17(10-15(19)20-3)14(18)8-9-21-13-7-5-4-6-12(13)16/h4-7,11H,8-10H2,1-3H3. The Morgan fingerprint density at radius 1 is 1.29 bits per heavy atom. The van der Waals surface area contributed by atoms with Crippen LogP contribution < -0.4 is 4.74 Å². The highest BCUT2D eigenvalue weighted by molar-refractivity contribution is 6.32.